The number of amides is 1. The Morgan fingerprint density at radius 2 is 1.55 bits per heavy atom. The lowest BCUT2D eigenvalue weighted by atomic mass is 10.1. The maximum atomic E-state index is 12.5. The molecule has 1 N–H and O–H groups in total. The molecule has 2 aromatic carbocycles. The van der Waals surface area contributed by atoms with Gasteiger partial charge in [-0.1, -0.05) is 18.2 Å². The third-order valence-electron chi connectivity index (χ3n) is 3.34. The molecule has 22 heavy (non-hydrogen) atoms. The standard InChI is InChI=1S/C17H19NO4/c1-11-7-5-6-8-13(11)17(19)18-16-14(21-3)9-12(20-2)10-15(16)22-4/h5-10H,1-4H3,(H,18,19). The zero-order valence-corrected chi connectivity index (χ0v) is 13.1. The average Bonchev–Trinajstić information content (AvgIpc) is 2.55. The molecule has 0 aromatic heterocycles. The van der Waals surface area contributed by atoms with E-state index in [1.807, 2.05) is 25.1 Å². The van der Waals surface area contributed by atoms with Crippen molar-refractivity contribution in [1.82, 2.24) is 0 Å². The van der Waals surface area contributed by atoms with Crippen molar-refractivity contribution in [3.63, 3.8) is 0 Å². The Balaban J connectivity index is 2.40. The molecule has 0 heterocycles. The van der Waals surface area contributed by atoms with E-state index >= 15 is 0 Å². The van der Waals surface area contributed by atoms with E-state index in [-0.39, 0.29) is 5.91 Å². The number of nitrogens with one attached hydrogen (secondary N) is 1. The molecule has 0 aliphatic carbocycles. The van der Waals surface area contributed by atoms with Crippen molar-refractivity contribution < 1.29 is 19.0 Å². The predicted molar refractivity (Wildman–Crippen MR) is 85.2 cm³/mol. The zero-order chi connectivity index (χ0) is 16.1. The highest BCUT2D eigenvalue weighted by Gasteiger charge is 2.17. The van der Waals surface area contributed by atoms with Gasteiger partial charge in [-0.2, -0.15) is 0 Å². The third kappa shape index (κ3) is 3.14. The molecule has 0 saturated heterocycles. The first-order chi connectivity index (χ1) is 10.6. The highest BCUT2D eigenvalue weighted by atomic mass is 16.5. The van der Waals surface area contributed by atoms with Crippen LogP contribution >= 0.6 is 0 Å². The summed E-state index contributed by atoms with van der Waals surface area (Å²) in [5.41, 5.74) is 1.97. The summed E-state index contributed by atoms with van der Waals surface area (Å²) in [5, 5.41) is 2.84. The number of carbonyl (C=O) groups excluding carboxylic acids is 1. The van der Waals surface area contributed by atoms with Crippen LogP contribution in [0.25, 0.3) is 0 Å². The fourth-order valence-corrected chi connectivity index (χ4v) is 2.14. The lowest BCUT2D eigenvalue weighted by Crippen LogP contribution is -2.14. The highest BCUT2D eigenvalue weighted by Crippen LogP contribution is 2.39. The topological polar surface area (TPSA) is 56.8 Å². The van der Waals surface area contributed by atoms with Crippen LogP contribution in [-0.4, -0.2) is 27.2 Å². The fourth-order valence-electron chi connectivity index (χ4n) is 2.14. The summed E-state index contributed by atoms with van der Waals surface area (Å²) in [6.07, 6.45) is 0. The van der Waals surface area contributed by atoms with Crippen LogP contribution in [0, 0.1) is 6.92 Å². The molecule has 0 radical (unpaired) electrons. The van der Waals surface area contributed by atoms with Gasteiger partial charge in [0.15, 0.2) is 0 Å². The molecular formula is C17H19NO4. The van der Waals surface area contributed by atoms with Gasteiger partial charge in [-0.05, 0) is 18.6 Å². The summed E-state index contributed by atoms with van der Waals surface area (Å²) in [7, 11) is 4.61. The Morgan fingerprint density at radius 3 is 2.05 bits per heavy atom. The van der Waals surface area contributed by atoms with Gasteiger partial charge in [0, 0.05) is 17.7 Å². The van der Waals surface area contributed by atoms with Crippen LogP contribution in [0.2, 0.25) is 0 Å². The van der Waals surface area contributed by atoms with E-state index in [1.165, 1.54) is 14.2 Å². The van der Waals surface area contributed by atoms with Gasteiger partial charge in [-0.15, -0.1) is 0 Å². The quantitative estimate of drug-likeness (QED) is 0.921. The monoisotopic (exact) mass is 301 g/mol. The molecule has 0 bridgehead atoms. The maximum Gasteiger partial charge on any atom is 0.256 e. The second-order valence-electron chi connectivity index (χ2n) is 4.68. The molecule has 0 spiro atoms. The number of ether oxygens (including phenoxy) is 3. The molecule has 0 unspecified atom stereocenters. The summed E-state index contributed by atoms with van der Waals surface area (Å²) in [4.78, 5) is 12.5. The van der Waals surface area contributed by atoms with Gasteiger partial charge in [-0.25, -0.2) is 0 Å². The Labute approximate surface area is 129 Å². The van der Waals surface area contributed by atoms with Crippen molar-refractivity contribution in [1.29, 1.82) is 0 Å². The van der Waals surface area contributed by atoms with Crippen molar-refractivity contribution in [2.24, 2.45) is 0 Å². The lowest BCUT2D eigenvalue weighted by molar-refractivity contribution is 0.102. The van der Waals surface area contributed by atoms with Gasteiger partial charge in [-0.3, -0.25) is 4.79 Å². The lowest BCUT2D eigenvalue weighted by Gasteiger charge is -2.16. The van der Waals surface area contributed by atoms with E-state index < -0.39 is 0 Å². The highest BCUT2D eigenvalue weighted by molar-refractivity contribution is 6.06. The minimum absolute atomic E-state index is 0.222. The van der Waals surface area contributed by atoms with Crippen molar-refractivity contribution in [3.05, 3.63) is 47.5 Å². The summed E-state index contributed by atoms with van der Waals surface area (Å²) >= 11 is 0. The molecular weight excluding hydrogens is 282 g/mol. The molecule has 5 nitrogen and oxygen atoms in total. The Bertz CT molecular complexity index is 657. The SMILES string of the molecule is COc1cc(OC)c(NC(=O)c2ccccc2C)c(OC)c1. The molecule has 116 valence electrons. The van der Waals surface area contributed by atoms with Gasteiger partial charge in [0.25, 0.3) is 5.91 Å². The number of aryl methyl sites for hydroxylation is 1. The zero-order valence-electron chi connectivity index (χ0n) is 13.1. The summed E-state index contributed by atoms with van der Waals surface area (Å²) < 4.78 is 15.8. The second kappa shape index (κ2) is 6.85. The van der Waals surface area contributed by atoms with Crippen LogP contribution in [0.5, 0.6) is 17.2 Å². The molecule has 2 aromatic rings. The Kier molecular flexibility index (Phi) is 4.88. The number of hydrogen-bond acceptors (Lipinski definition) is 4. The number of rotatable bonds is 5. The van der Waals surface area contributed by atoms with Crippen LogP contribution in [0.15, 0.2) is 36.4 Å². The van der Waals surface area contributed by atoms with E-state index in [0.29, 0.717) is 28.5 Å². The molecule has 2 rings (SSSR count). The first-order valence-corrected chi connectivity index (χ1v) is 6.77. The molecule has 0 aliphatic heterocycles. The number of anilines is 1. The second-order valence-corrected chi connectivity index (χ2v) is 4.68. The first kappa shape index (κ1) is 15.7. The number of hydrogen-bond donors (Lipinski definition) is 1. The molecule has 0 fully saturated rings. The van der Waals surface area contributed by atoms with Crippen LogP contribution in [0.1, 0.15) is 15.9 Å². The molecule has 5 heteroatoms. The van der Waals surface area contributed by atoms with E-state index in [2.05, 4.69) is 5.32 Å². The Hall–Kier alpha value is -2.69. The molecule has 0 saturated carbocycles. The molecule has 0 aliphatic rings. The van der Waals surface area contributed by atoms with Gasteiger partial charge < -0.3 is 19.5 Å². The molecule has 0 atom stereocenters. The minimum Gasteiger partial charge on any atom is -0.496 e. The third-order valence-corrected chi connectivity index (χ3v) is 3.34. The summed E-state index contributed by atoms with van der Waals surface area (Å²) in [6, 6.07) is 10.8. The van der Waals surface area contributed by atoms with Gasteiger partial charge in [0.1, 0.15) is 22.9 Å². The largest absolute Gasteiger partial charge is 0.496 e. The number of methoxy groups -OCH3 is 3. The van der Waals surface area contributed by atoms with Crippen LogP contribution < -0.4 is 19.5 Å². The van der Waals surface area contributed by atoms with Crippen molar-refractivity contribution in [2.45, 2.75) is 6.92 Å². The van der Waals surface area contributed by atoms with E-state index in [1.54, 1.807) is 25.3 Å². The van der Waals surface area contributed by atoms with Gasteiger partial charge in [0.2, 0.25) is 0 Å². The van der Waals surface area contributed by atoms with Crippen LogP contribution in [0.4, 0.5) is 5.69 Å². The first-order valence-electron chi connectivity index (χ1n) is 6.77. The Morgan fingerprint density at radius 1 is 0.955 bits per heavy atom. The van der Waals surface area contributed by atoms with E-state index in [0.717, 1.165) is 5.56 Å². The maximum absolute atomic E-state index is 12.5. The predicted octanol–water partition coefficient (Wildman–Crippen LogP) is 3.27. The van der Waals surface area contributed by atoms with Gasteiger partial charge in [0.05, 0.1) is 21.3 Å². The van der Waals surface area contributed by atoms with E-state index in [9.17, 15) is 4.79 Å². The normalized spacial score (nSPS) is 10.0. The average molecular weight is 301 g/mol. The van der Waals surface area contributed by atoms with Crippen molar-refractivity contribution >= 4 is 11.6 Å². The van der Waals surface area contributed by atoms with E-state index in [4.69, 9.17) is 14.2 Å². The van der Waals surface area contributed by atoms with Crippen molar-refractivity contribution in [2.75, 3.05) is 26.6 Å². The van der Waals surface area contributed by atoms with Crippen LogP contribution in [0.3, 0.4) is 0 Å². The van der Waals surface area contributed by atoms with Gasteiger partial charge >= 0.3 is 0 Å². The van der Waals surface area contributed by atoms with Crippen LogP contribution in [-0.2, 0) is 0 Å². The van der Waals surface area contributed by atoms with Crippen molar-refractivity contribution in [3.8, 4) is 17.2 Å². The molecule has 1 amide bonds. The number of benzene rings is 2. The number of carbonyl (C=O) groups is 1. The minimum atomic E-state index is -0.222. The summed E-state index contributed by atoms with van der Waals surface area (Å²) in [5.74, 6) is 1.30. The smallest absolute Gasteiger partial charge is 0.256 e. The summed E-state index contributed by atoms with van der Waals surface area (Å²) in [6.45, 7) is 1.89. The fraction of sp³-hybridized carbons (Fsp3) is 0.235.